The van der Waals surface area contributed by atoms with E-state index in [2.05, 4.69) is 29.0 Å². The predicted octanol–water partition coefficient (Wildman–Crippen LogP) is 4.15. The monoisotopic (exact) mass is 340 g/mol. The van der Waals surface area contributed by atoms with Gasteiger partial charge in [-0.05, 0) is 36.5 Å². The second-order valence-electron chi connectivity index (χ2n) is 7.47. The van der Waals surface area contributed by atoms with Crippen molar-refractivity contribution in [2.24, 2.45) is 5.92 Å². The second-order valence-corrected chi connectivity index (χ2v) is 7.47. The van der Waals surface area contributed by atoms with Crippen LogP contribution in [0.4, 0.5) is 0 Å². The van der Waals surface area contributed by atoms with Crippen molar-refractivity contribution < 1.29 is 4.79 Å². The molecule has 2 heterocycles. The van der Waals surface area contributed by atoms with E-state index in [0.717, 1.165) is 36.2 Å². The van der Waals surface area contributed by atoms with Crippen molar-refractivity contribution in [3.8, 4) is 0 Å². The van der Waals surface area contributed by atoms with Crippen LogP contribution in [0, 0.1) is 5.92 Å². The lowest BCUT2D eigenvalue weighted by molar-refractivity contribution is 0.0720. The molecule has 0 spiro atoms. The van der Waals surface area contributed by atoms with E-state index < -0.39 is 0 Å². The van der Waals surface area contributed by atoms with Crippen LogP contribution in [-0.4, -0.2) is 32.5 Å². The van der Waals surface area contributed by atoms with E-state index in [1.54, 1.807) is 18.6 Å². The van der Waals surface area contributed by atoms with Gasteiger partial charge in [-0.1, -0.05) is 33.1 Å². The molecule has 0 aliphatic heterocycles. The largest absolute Gasteiger partial charge is 0.334 e. The van der Waals surface area contributed by atoms with Crippen molar-refractivity contribution in [3.63, 3.8) is 0 Å². The number of rotatable bonds is 6. The molecule has 134 valence electrons. The lowest BCUT2D eigenvalue weighted by atomic mass is 9.85. The highest BCUT2D eigenvalue weighted by atomic mass is 16.2. The summed E-state index contributed by atoms with van der Waals surface area (Å²) in [6.45, 7) is 5.62. The Labute approximate surface area is 149 Å². The second kappa shape index (κ2) is 8.28. The lowest BCUT2D eigenvalue weighted by Crippen LogP contribution is -2.34. The summed E-state index contributed by atoms with van der Waals surface area (Å²) in [5.41, 5.74) is 2.89. The number of amides is 1. The SMILES string of the molecule is CC(C)CN(Cc1ccncc1)C(=O)c1cn[nH]c1C1CCCCC1. The third kappa shape index (κ3) is 4.47. The number of aromatic nitrogens is 3. The fourth-order valence-electron chi connectivity index (χ4n) is 3.71. The van der Waals surface area contributed by atoms with Crippen molar-refractivity contribution in [2.45, 2.75) is 58.4 Å². The first-order chi connectivity index (χ1) is 12.1. The molecule has 0 radical (unpaired) electrons. The Kier molecular flexibility index (Phi) is 5.84. The number of carbonyl (C=O) groups excluding carboxylic acids is 1. The highest BCUT2D eigenvalue weighted by molar-refractivity contribution is 5.95. The number of carbonyl (C=O) groups is 1. The van der Waals surface area contributed by atoms with Gasteiger partial charge in [0.25, 0.3) is 5.91 Å². The summed E-state index contributed by atoms with van der Waals surface area (Å²) in [7, 11) is 0. The van der Waals surface area contributed by atoms with Gasteiger partial charge in [0, 0.05) is 31.4 Å². The Hall–Kier alpha value is -2.17. The maximum Gasteiger partial charge on any atom is 0.257 e. The third-order valence-electron chi connectivity index (χ3n) is 4.91. The molecule has 3 rings (SSSR count). The number of hydrogen-bond donors (Lipinski definition) is 1. The zero-order valence-corrected chi connectivity index (χ0v) is 15.2. The van der Waals surface area contributed by atoms with E-state index in [1.165, 1.54) is 19.3 Å². The molecular formula is C20H28N4O. The van der Waals surface area contributed by atoms with Crippen LogP contribution in [0.15, 0.2) is 30.7 Å². The summed E-state index contributed by atoms with van der Waals surface area (Å²) in [4.78, 5) is 19.3. The van der Waals surface area contributed by atoms with Gasteiger partial charge in [0.05, 0.1) is 17.5 Å². The number of aromatic amines is 1. The fraction of sp³-hybridized carbons (Fsp3) is 0.550. The topological polar surface area (TPSA) is 61.9 Å². The van der Waals surface area contributed by atoms with Crippen molar-refractivity contribution in [1.29, 1.82) is 0 Å². The van der Waals surface area contributed by atoms with Crippen LogP contribution in [0.3, 0.4) is 0 Å². The van der Waals surface area contributed by atoms with Crippen molar-refractivity contribution >= 4 is 5.91 Å². The normalized spacial score (nSPS) is 15.5. The van der Waals surface area contributed by atoms with Gasteiger partial charge in [-0.25, -0.2) is 0 Å². The molecule has 0 atom stereocenters. The molecule has 25 heavy (non-hydrogen) atoms. The van der Waals surface area contributed by atoms with E-state index in [4.69, 9.17) is 0 Å². The van der Waals surface area contributed by atoms with Crippen LogP contribution in [-0.2, 0) is 6.54 Å². The first kappa shape index (κ1) is 17.6. The minimum atomic E-state index is 0.0832. The van der Waals surface area contributed by atoms with Crippen LogP contribution in [0.2, 0.25) is 0 Å². The van der Waals surface area contributed by atoms with Crippen molar-refractivity contribution in [2.75, 3.05) is 6.54 Å². The number of H-pyrrole nitrogens is 1. The molecule has 1 saturated carbocycles. The smallest absolute Gasteiger partial charge is 0.257 e. The first-order valence-electron chi connectivity index (χ1n) is 9.36. The van der Waals surface area contributed by atoms with Gasteiger partial charge >= 0.3 is 0 Å². The zero-order valence-electron chi connectivity index (χ0n) is 15.2. The minimum Gasteiger partial charge on any atom is -0.334 e. The first-order valence-corrected chi connectivity index (χ1v) is 9.36. The summed E-state index contributed by atoms with van der Waals surface area (Å²) in [6, 6.07) is 3.94. The maximum absolute atomic E-state index is 13.3. The zero-order chi connectivity index (χ0) is 17.6. The van der Waals surface area contributed by atoms with E-state index in [0.29, 0.717) is 18.4 Å². The van der Waals surface area contributed by atoms with Crippen molar-refractivity contribution in [3.05, 3.63) is 47.5 Å². The molecule has 2 aromatic rings. The maximum atomic E-state index is 13.3. The van der Waals surface area contributed by atoms with Crippen molar-refractivity contribution in [1.82, 2.24) is 20.1 Å². The summed E-state index contributed by atoms with van der Waals surface area (Å²) in [6.07, 6.45) is 11.3. The highest BCUT2D eigenvalue weighted by Gasteiger charge is 2.26. The van der Waals surface area contributed by atoms with Gasteiger partial charge in [0.15, 0.2) is 0 Å². The van der Waals surface area contributed by atoms with Crippen LogP contribution < -0.4 is 0 Å². The summed E-state index contributed by atoms with van der Waals surface area (Å²) < 4.78 is 0. The highest BCUT2D eigenvalue weighted by Crippen LogP contribution is 2.33. The van der Waals surface area contributed by atoms with Crippen LogP contribution in [0.25, 0.3) is 0 Å². The molecular weight excluding hydrogens is 312 g/mol. The lowest BCUT2D eigenvalue weighted by Gasteiger charge is -2.26. The summed E-state index contributed by atoms with van der Waals surface area (Å²) in [5.74, 6) is 0.938. The van der Waals surface area contributed by atoms with Crippen LogP contribution in [0.5, 0.6) is 0 Å². The number of hydrogen-bond acceptors (Lipinski definition) is 3. The number of pyridine rings is 1. The van der Waals surface area contributed by atoms with E-state index in [1.807, 2.05) is 17.0 Å². The molecule has 1 aliphatic carbocycles. The summed E-state index contributed by atoms with van der Waals surface area (Å²) >= 11 is 0. The Morgan fingerprint density at radius 1 is 1.24 bits per heavy atom. The molecule has 1 N–H and O–H groups in total. The van der Waals surface area contributed by atoms with Gasteiger partial charge in [-0.2, -0.15) is 5.10 Å². The molecule has 5 heteroatoms. The molecule has 5 nitrogen and oxygen atoms in total. The molecule has 1 aliphatic rings. The molecule has 0 bridgehead atoms. The van der Waals surface area contributed by atoms with E-state index >= 15 is 0 Å². The average molecular weight is 340 g/mol. The predicted molar refractivity (Wildman–Crippen MR) is 98.2 cm³/mol. The van der Waals surface area contributed by atoms with Gasteiger partial charge in [-0.3, -0.25) is 14.9 Å². The molecule has 2 aromatic heterocycles. The Bertz CT molecular complexity index is 674. The minimum absolute atomic E-state index is 0.0832. The summed E-state index contributed by atoms with van der Waals surface area (Å²) in [5, 5.41) is 7.33. The molecule has 0 unspecified atom stereocenters. The van der Waals surface area contributed by atoms with E-state index in [-0.39, 0.29) is 5.91 Å². The quantitative estimate of drug-likeness (QED) is 0.859. The van der Waals surface area contributed by atoms with Crippen LogP contribution >= 0.6 is 0 Å². The van der Waals surface area contributed by atoms with Gasteiger partial charge in [0.1, 0.15) is 0 Å². The Balaban J connectivity index is 1.81. The van der Waals surface area contributed by atoms with Gasteiger partial charge in [-0.15, -0.1) is 0 Å². The molecule has 1 fully saturated rings. The standard InChI is InChI=1S/C20H28N4O/c1-15(2)13-24(14-16-8-10-21-11-9-16)20(25)18-12-22-23-19(18)17-6-4-3-5-7-17/h8-12,15,17H,3-7,13-14H2,1-2H3,(H,22,23). The van der Waals surface area contributed by atoms with Crippen LogP contribution in [0.1, 0.15) is 73.5 Å². The fourth-order valence-corrected chi connectivity index (χ4v) is 3.71. The number of nitrogens with zero attached hydrogens (tertiary/aromatic N) is 3. The molecule has 1 amide bonds. The Morgan fingerprint density at radius 3 is 2.64 bits per heavy atom. The average Bonchev–Trinajstić information content (AvgIpc) is 3.11. The van der Waals surface area contributed by atoms with Gasteiger partial charge < -0.3 is 4.90 Å². The number of nitrogens with one attached hydrogen (secondary N) is 1. The third-order valence-corrected chi connectivity index (χ3v) is 4.91. The molecule has 0 aromatic carbocycles. The van der Waals surface area contributed by atoms with Gasteiger partial charge in [0.2, 0.25) is 0 Å². The molecule has 0 saturated heterocycles. The van der Waals surface area contributed by atoms with E-state index in [9.17, 15) is 4.79 Å². The Morgan fingerprint density at radius 2 is 1.96 bits per heavy atom.